The fraction of sp³-hybridized carbons (Fsp3) is 0.0625. The van der Waals surface area contributed by atoms with E-state index in [0.717, 1.165) is 10.8 Å². The van der Waals surface area contributed by atoms with E-state index in [1.807, 2.05) is 24.3 Å². The molecule has 0 saturated carbocycles. The van der Waals surface area contributed by atoms with E-state index in [2.05, 4.69) is 0 Å². The minimum atomic E-state index is -0.982. The van der Waals surface area contributed by atoms with Gasteiger partial charge in [0.2, 0.25) is 0 Å². The fourth-order valence-corrected chi connectivity index (χ4v) is 2.22. The van der Waals surface area contributed by atoms with Gasteiger partial charge in [-0.1, -0.05) is 24.3 Å². The molecule has 1 aromatic heterocycles. The predicted octanol–water partition coefficient (Wildman–Crippen LogP) is 3.81. The number of aromatic carboxylic acids is 1. The smallest absolute Gasteiger partial charge is 0.335 e. The van der Waals surface area contributed by atoms with E-state index in [9.17, 15) is 4.79 Å². The molecular weight excluding hydrogens is 256 g/mol. The lowest BCUT2D eigenvalue weighted by atomic mass is 10.0. The maximum atomic E-state index is 11.1. The van der Waals surface area contributed by atoms with E-state index < -0.39 is 5.97 Å². The van der Waals surface area contributed by atoms with Crippen LogP contribution in [0.3, 0.4) is 0 Å². The highest BCUT2D eigenvalue weighted by Gasteiger charge is 2.15. The Hall–Kier alpha value is -2.75. The Morgan fingerprint density at radius 3 is 2.75 bits per heavy atom. The number of ether oxygens (including phenoxy) is 1. The number of rotatable bonds is 3. The van der Waals surface area contributed by atoms with Gasteiger partial charge in [-0.05, 0) is 18.2 Å². The number of methoxy groups -OCH3 is 1. The van der Waals surface area contributed by atoms with E-state index in [-0.39, 0.29) is 5.56 Å². The number of fused-ring (bicyclic) bond motifs is 1. The lowest BCUT2D eigenvalue weighted by Crippen LogP contribution is -1.97. The van der Waals surface area contributed by atoms with Crippen LogP contribution in [0.1, 0.15) is 10.4 Å². The highest BCUT2D eigenvalue weighted by atomic mass is 16.5. The molecule has 0 saturated heterocycles. The third kappa shape index (κ3) is 1.91. The van der Waals surface area contributed by atoms with Crippen molar-refractivity contribution in [2.75, 3.05) is 7.11 Å². The second kappa shape index (κ2) is 4.74. The molecule has 3 rings (SSSR count). The van der Waals surface area contributed by atoms with Crippen LogP contribution in [0.5, 0.6) is 5.75 Å². The van der Waals surface area contributed by atoms with Gasteiger partial charge >= 0.3 is 5.97 Å². The predicted molar refractivity (Wildman–Crippen MR) is 75.2 cm³/mol. The molecule has 4 nitrogen and oxygen atoms in total. The summed E-state index contributed by atoms with van der Waals surface area (Å²) in [6.45, 7) is 0. The van der Waals surface area contributed by atoms with Gasteiger partial charge in [-0.25, -0.2) is 4.79 Å². The van der Waals surface area contributed by atoms with Gasteiger partial charge in [-0.15, -0.1) is 0 Å². The second-order valence-corrected chi connectivity index (χ2v) is 4.37. The van der Waals surface area contributed by atoms with E-state index in [1.54, 1.807) is 25.5 Å². The van der Waals surface area contributed by atoms with Crippen molar-refractivity contribution in [3.63, 3.8) is 0 Å². The van der Waals surface area contributed by atoms with E-state index in [0.29, 0.717) is 17.1 Å². The maximum absolute atomic E-state index is 11.1. The fourth-order valence-electron chi connectivity index (χ4n) is 2.22. The SMILES string of the molecule is COc1ccc(C(=O)O)cc1-c1occ2ccccc12. The summed E-state index contributed by atoms with van der Waals surface area (Å²) in [5.74, 6) is 0.209. The van der Waals surface area contributed by atoms with Crippen LogP contribution in [0.2, 0.25) is 0 Å². The number of hydrogen-bond acceptors (Lipinski definition) is 3. The molecule has 0 fully saturated rings. The van der Waals surface area contributed by atoms with Gasteiger partial charge in [-0.2, -0.15) is 0 Å². The van der Waals surface area contributed by atoms with Crippen molar-refractivity contribution in [3.8, 4) is 17.1 Å². The van der Waals surface area contributed by atoms with Crippen LogP contribution in [-0.2, 0) is 0 Å². The highest BCUT2D eigenvalue weighted by Crippen LogP contribution is 2.36. The van der Waals surface area contributed by atoms with E-state index in [4.69, 9.17) is 14.3 Å². The van der Waals surface area contributed by atoms with Gasteiger partial charge in [0.25, 0.3) is 0 Å². The average molecular weight is 268 g/mol. The normalized spacial score (nSPS) is 10.7. The Morgan fingerprint density at radius 2 is 2.00 bits per heavy atom. The number of carboxylic acid groups (broad SMARTS) is 1. The van der Waals surface area contributed by atoms with Crippen LogP contribution in [0.15, 0.2) is 53.1 Å². The van der Waals surface area contributed by atoms with Crippen LogP contribution in [0, 0.1) is 0 Å². The molecule has 0 atom stereocenters. The molecule has 0 spiro atoms. The van der Waals surface area contributed by atoms with Crippen molar-refractivity contribution in [2.45, 2.75) is 0 Å². The Morgan fingerprint density at radius 1 is 1.20 bits per heavy atom. The summed E-state index contributed by atoms with van der Waals surface area (Å²) < 4.78 is 10.9. The molecule has 0 aliphatic rings. The number of hydrogen-bond donors (Lipinski definition) is 1. The van der Waals surface area contributed by atoms with Crippen molar-refractivity contribution < 1.29 is 19.1 Å². The Kier molecular flexibility index (Phi) is 2.91. The van der Waals surface area contributed by atoms with E-state index in [1.165, 1.54) is 6.07 Å². The van der Waals surface area contributed by atoms with Crippen LogP contribution in [0.4, 0.5) is 0 Å². The molecule has 2 aromatic carbocycles. The first-order valence-electron chi connectivity index (χ1n) is 6.08. The van der Waals surface area contributed by atoms with Gasteiger partial charge in [0, 0.05) is 10.8 Å². The van der Waals surface area contributed by atoms with Gasteiger partial charge in [-0.3, -0.25) is 0 Å². The van der Waals surface area contributed by atoms with Crippen molar-refractivity contribution in [2.24, 2.45) is 0 Å². The summed E-state index contributed by atoms with van der Waals surface area (Å²) in [6.07, 6.45) is 1.65. The molecule has 100 valence electrons. The van der Waals surface area contributed by atoms with Crippen molar-refractivity contribution in [1.82, 2.24) is 0 Å². The second-order valence-electron chi connectivity index (χ2n) is 4.37. The van der Waals surface area contributed by atoms with Crippen molar-refractivity contribution >= 4 is 16.7 Å². The lowest BCUT2D eigenvalue weighted by Gasteiger charge is -2.07. The van der Waals surface area contributed by atoms with Crippen molar-refractivity contribution in [3.05, 3.63) is 54.3 Å². The zero-order valence-electron chi connectivity index (χ0n) is 10.8. The van der Waals surface area contributed by atoms with Crippen LogP contribution >= 0.6 is 0 Å². The third-order valence-electron chi connectivity index (χ3n) is 3.20. The standard InChI is InChI=1S/C16H12O4/c1-19-14-7-6-10(16(17)18)8-13(14)15-12-5-3-2-4-11(12)9-20-15/h2-9H,1H3,(H,17,18). The zero-order chi connectivity index (χ0) is 14.1. The number of benzene rings is 2. The molecule has 0 aliphatic heterocycles. The van der Waals surface area contributed by atoms with Crippen molar-refractivity contribution in [1.29, 1.82) is 0 Å². The van der Waals surface area contributed by atoms with Crippen LogP contribution < -0.4 is 4.74 Å². The molecule has 20 heavy (non-hydrogen) atoms. The number of carboxylic acids is 1. The Balaban J connectivity index is 2.27. The number of furan rings is 1. The van der Waals surface area contributed by atoms with E-state index >= 15 is 0 Å². The summed E-state index contributed by atoms with van der Waals surface area (Å²) in [5.41, 5.74) is 0.829. The largest absolute Gasteiger partial charge is 0.496 e. The molecule has 0 radical (unpaired) electrons. The van der Waals surface area contributed by atoms with Gasteiger partial charge in [0.05, 0.1) is 24.5 Å². The summed E-state index contributed by atoms with van der Waals surface area (Å²) in [4.78, 5) is 11.1. The monoisotopic (exact) mass is 268 g/mol. The molecule has 4 heteroatoms. The highest BCUT2D eigenvalue weighted by molar-refractivity contribution is 5.97. The first kappa shape index (κ1) is 12.3. The van der Waals surface area contributed by atoms with Gasteiger partial charge < -0.3 is 14.3 Å². The minimum absolute atomic E-state index is 0.196. The van der Waals surface area contributed by atoms with Crippen LogP contribution in [0.25, 0.3) is 22.1 Å². The summed E-state index contributed by atoms with van der Waals surface area (Å²) >= 11 is 0. The first-order chi connectivity index (χ1) is 9.70. The van der Waals surface area contributed by atoms with Gasteiger partial charge in [0.1, 0.15) is 11.5 Å². The molecule has 0 bridgehead atoms. The summed E-state index contributed by atoms with van der Waals surface area (Å²) in [5, 5.41) is 11.0. The summed E-state index contributed by atoms with van der Waals surface area (Å²) in [7, 11) is 1.55. The Labute approximate surface area is 115 Å². The first-order valence-corrected chi connectivity index (χ1v) is 6.08. The lowest BCUT2D eigenvalue weighted by molar-refractivity contribution is 0.0697. The third-order valence-corrected chi connectivity index (χ3v) is 3.20. The summed E-state index contributed by atoms with van der Waals surface area (Å²) in [6, 6.07) is 12.4. The average Bonchev–Trinajstić information content (AvgIpc) is 2.90. The molecule has 0 aliphatic carbocycles. The quantitative estimate of drug-likeness (QED) is 0.784. The minimum Gasteiger partial charge on any atom is -0.496 e. The molecule has 3 aromatic rings. The molecule has 1 heterocycles. The molecule has 0 amide bonds. The van der Waals surface area contributed by atoms with Crippen LogP contribution in [-0.4, -0.2) is 18.2 Å². The maximum Gasteiger partial charge on any atom is 0.335 e. The van der Waals surface area contributed by atoms with Gasteiger partial charge in [0.15, 0.2) is 0 Å². The Bertz CT molecular complexity index is 786. The molecule has 1 N–H and O–H groups in total. The topological polar surface area (TPSA) is 59.7 Å². The molecular formula is C16H12O4. The number of carbonyl (C=O) groups is 1. The molecule has 0 unspecified atom stereocenters. The zero-order valence-corrected chi connectivity index (χ0v) is 10.8.